The van der Waals surface area contributed by atoms with Crippen molar-refractivity contribution in [2.24, 2.45) is 5.92 Å². The molecule has 0 saturated carbocycles. The molecule has 2 fully saturated rings. The molecule has 5 rings (SSSR count). The predicted octanol–water partition coefficient (Wildman–Crippen LogP) is 3.14. The molecule has 0 N–H and O–H groups in total. The zero-order valence-corrected chi connectivity index (χ0v) is 19.5. The fourth-order valence-electron chi connectivity index (χ4n) is 5.32. The second kappa shape index (κ2) is 9.18. The first-order chi connectivity index (χ1) is 15.6. The predicted molar refractivity (Wildman–Crippen MR) is 127 cm³/mol. The first-order valence-electron chi connectivity index (χ1n) is 12.2. The normalized spacial score (nSPS) is 21.6. The van der Waals surface area contributed by atoms with Crippen LogP contribution in [0.4, 0.5) is 5.95 Å². The number of aryl methyl sites for hydroxylation is 3. The number of piperazine rings is 1. The molecule has 2 saturated heterocycles. The summed E-state index contributed by atoms with van der Waals surface area (Å²) in [6, 6.07) is 6.74. The lowest BCUT2D eigenvalue weighted by atomic mass is 9.86. The van der Waals surface area contributed by atoms with Gasteiger partial charge in [-0.3, -0.25) is 9.69 Å². The number of fused-ring (bicyclic) bond motifs is 1. The number of hydrogen-bond acceptors (Lipinski definition) is 5. The number of amides is 1. The Hall–Kier alpha value is -2.47. The zero-order valence-electron chi connectivity index (χ0n) is 19.5. The van der Waals surface area contributed by atoms with Gasteiger partial charge in [-0.25, -0.2) is 9.97 Å². The Bertz CT molecular complexity index is 976. The molecule has 0 bridgehead atoms. The van der Waals surface area contributed by atoms with Gasteiger partial charge < -0.3 is 9.80 Å². The third-order valence-corrected chi connectivity index (χ3v) is 7.54. The lowest BCUT2D eigenvalue weighted by Gasteiger charge is -2.37. The summed E-state index contributed by atoms with van der Waals surface area (Å²) in [5, 5.41) is 0. The van der Waals surface area contributed by atoms with Crippen LogP contribution < -0.4 is 4.90 Å². The van der Waals surface area contributed by atoms with Crippen LogP contribution in [0.1, 0.15) is 47.2 Å². The van der Waals surface area contributed by atoms with E-state index in [1.165, 1.54) is 35.1 Å². The summed E-state index contributed by atoms with van der Waals surface area (Å²) < 4.78 is 0. The smallest absolute Gasteiger partial charge is 0.226 e. The number of rotatable bonds is 4. The average Bonchev–Trinajstić information content (AvgIpc) is 3.36. The Morgan fingerprint density at radius 1 is 1.03 bits per heavy atom. The molecule has 2 aromatic rings. The van der Waals surface area contributed by atoms with Gasteiger partial charge in [0, 0.05) is 63.6 Å². The first kappa shape index (κ1) is 21.4. The molecule has 0 spiro atoms. The monoisotopic (exact) mass is 433 g/mol. The van der Waals surface area contributed by atoms with Gasteiger partial charge in [-0.2, -0.15) is 0 Å². The molecule has 0 radical (unpaired) electrons. The van der Waals surface area contributed by atoms with Gasteiger partial charge in [0.1, 0.15) is 0 Å². The van der Waals surface area contributed by atoms with Crippen LogP contribution in [0.15, 0.2) is 24.4 Å². The van der Waals surface area contributed by atoms with E-state index < -0.39 is 0 Å². The first-order valence-corrected chi connectivity index (χ1v) is 12.2. The van der Waals surface area contributed by atoms with E-state index in [1.54, 1.807) is 0 Å². The Kier molecular flexibility index (Phi) is 6.13. The maximum atomic E-state index is 13.2. The van der Waals surface area contributed by atoms with Crippen LogP contribution in [0.3, 0.4) is 0 Å². The van der Waals surface area contributed by atoms with Crippen molar-refractivity contribution < 1.29 is 4.79 Å². The van der Waals surface area contributed by atoms with Gasteiger partial charge >= 0.3 is 0 Å². The summed E-state index contributed by atoms with van der Waals surface area (Å²) in [5.74, 6) is 1.28. The van der Waals surface area contributed by atoms with E-state index in [2.05, 4.69) is 51.7 Å². The molecule has 170 valence electrons. The number of hydrogen-bond donors (Lipinski definition) is 0. The quantitative estimate of drug-likeness (QED) is 0.742. The number of benzene rings is 1. The van der Waals surface area contributed by atoms with Gasteiger partial charge in [0.15, 0.2) is 0 Å². The van der Waals surface area contributed by atoms with E-state index in [1.807, 2.05) is 6.20 Å². The van der Waals surface area contributed by atoms with Gasteiger partial charge in [0.25, 0.3) is 0 Å². The standard InChI is InChI=1S/C26H35N5O/c1-19-5-6-21(15-20(19)2)18-29-11-13-30(14-12-29)25(32)22-7-8-24-23(16-22)17-27-26(28-24)31-9-3-4-10-31/h5-6,15,17,22H,3-4,7-14,16,18H2,1-2H3/t22-/m0/s1. The van der Waals surface area contributed by atoms with Crippen LogP contribution in [-0.2, 0) is 24.2 Å². The summed E-state index contributed by atoms with van der Waals surface area (Å²) in [7, 11) is 0. The second-order valence-electron chi connectivity index (χ2n) is 9.80. The van der Waals surface area contributed by atoms with Gasteiger partial charge in [-0.15, -0.1) is 0 Å². The maximum Gasteiger partial charge on any atom is 0.226 e. The molecule has 6 heteroatoms. The summed E-state index contributed by atoms with van der Waals surface area (Å²) in [5.41, 5.74) is 6.39. The topological polar surface area (TPSA) is 52.6 Å². The minimum Gasteiger partial charge on any atom is -0.341 e. The van der Waals surface area contributed by atoms with Crippen molar-refractivity contribution in [3.63, 3.8) is 0 Å². The summed E-state index contributed by atoms with van der Waals surface area (Å²) in [6.45, 7) is 11.0. The maximum absolute atomic E-state index is 13.2. The fourth-order valence-corrected chi connectivity index (χ4v) is 5.32. The fraction of sp³-hybridized carbons (Fsp3) is 0.577. The van der Waals surface area contributed by atoms with Crippen molar-refractivity contribution in [3.8, 4) is 0 Å². The number of carbonyl (C=O) groups excluding carboxylic acids is 1. The molecular formula is C26H35N5O. The highest BCUT2D eigenvalue weighted by Crippen LogP contribution is 2.28. The Morgan fingerprint density at radius 2 is 1.81 bits per heavy atom. The minimum atomic E-state index is 0.0787. The van der Waals surface area contributed by atoms with Crippen molar-refractivity contribution in [2.75, 3.05) is 44.2 Å². The third kappa shape index (κ3) is 4.51. The highest BCUT2D eigenvalue weighted by atomic mass is 16.2. The van der Waals surface area contributed by atoms with Crippen LogP contribution in [-0.4, -0.2) is 64.9 Å². The number of anilines is 1. The van der Waals surface area contributed by atoms with Crippen LogP contribution in [0.2, 0.25) is 0 Å². The third-order valence-electron chi connectivity index (χ3n) is 7.54. The summed E-state index contributed by atoms with van der Waals surface area (Å²) in [6.07, 6.45) is 7.03. The van der Waals surface area contributed by atoms with Crippen LogP contribution in [0.25, 0.3) is 0 Å². The van der Waals surface area contributed by atoms with Crippen LogP contribution in [0.5, 0.6) is 0 Å². The Labute approximate surface area is 191 Å². The highest BCUT2D eigenvalue weighted by molar-refractivity contribution is 5.79. The van der Waals surface area contributed by atoms with Crippen molar-refractivity contribution >= 4 is 11.9 Å². The Balaban J connectivity index is 1.15. The lowest BCUT2D eigenvalue weighted by Crippen LogP contribution is -2.50. The van der Waals surface area contributed by atoms with Gasteiger partial charge in [-0.05, 0) is 68.2 Å². The molecule has 1 amide bonds. The van der Waals surface area contributed by atoms with E-state index in [-0.39, 0.29) is 5.92 Å². The molecule has 2 aliphatic heterocycles. The molecule has 3 aliphatic rings. The summed E-state index contributed by atoms with van der Waals surface area (Å²) in [4.78, 5) is 29.6. The molecule has 32 heavy (non-hydrogen) atoms. The van der Waals surface area contributed by atoms with Crippen molar-refractivity contribution in [1.29, 1.82) is 0 Å². The van der Waals surface area contributed by atoms with Crippen LogP contribution >= 0.6 is 0 Å². The molecule has 3 heterocycles. The van der Waals surface area contributed by atoms with Crippen LogP contribution in [0, 0.1) is 19.8 Å². The number of aromatic nitrogens is 2. The largest absolute Gasteiger partial charge is 0.341 e. The highest BCUT2D eigenvalue weighted by Gasteiger charge is 2.31. The van der Waals surface area contributed by atoms with Gasteiger partial charge in [0.05, 0.1) is 0 Å². The van der Waals surface area contributed by atoms with Crippen molar-refractivity contribution in [3.05, 3.63) is 52.3 Å². The number of nitrogens with zero attached hydrogens (tertiary/aromatic N) is 5. The molecule has 1 atom stereocenters. The molecule has 1 aromatic carbocycles. The second-order valence-corrected chi connectivity index (χ2v) is 9.80. The summed E-state index contributed by atoms with van der Waals surface area (Å²) >= 11 is 0. The SMILES string of the molecule is Cc1ccc(CN2CCN(C(=O)[C@H]3CCc4nc(N5CCCC5)ncc4C3)CC2)cc1C. The molecular weight excluding hydrogens is 398 g/mol. The van der Waals surface area contributed by atoms with Crippen molar-refractivity contribution in [1.82, 2.24) is 19.8 Å². The van der Waals surface area contributed by atoms with E-state index in [4.69, 9.17) is 4.98 Å². The van der Waals surface area contributed by atoms with E-state index >= 15 is 0 Å². The molecule has 1 aliphatic carbocycles. The van der Waals surface area contributed by atoms with E-state index in [0.29, 0.717) is 5.91 Å². The Morgan fingerprint density at radius 3 is 2.56 bits per heavy atom. The minimum absolute atomic E-state index is 0.0787. The molecule has 1 aromatic heterocycles. The van der Waals surface area contributed by atoms with E-state index in [9.17, 15) is 4.79 Å². The van der Waals surface area contributed by atoms with E-state index in [0.717, 1.165) is 76.7 Å². The van der Waals surface area contributed by atoms with Crippen molar-refractivity contribution in [2.45, 2.75) is 52.5 Å². The molecule has 6 nitrogen and oxygen atoms in total. The zero-order chi connectivity index (χ0) is 22.1. The average molecular weight is 434 g/mol. The van der Waals surface area contributed by atoms with Gasteiger partial charge in [-0.1, -0.05) is 18.2 Å². The number of carbonyl (C=O) groups is 1. The molecule has 0 unspecified atom stereocenters. The lowest BCUT2D eigenvalue weighted by molar-refractivity contribution is -0.137. The van der Waals surface area contributed by atoms with Gasteiger partial charge in [0.2, 0.25) is 11.9 Å².